The first-order valence-corrected chi connectivity index (χ1v) is 14.6. The van der Waals surface area contributed by atoms with Gasteiger partial charge in [0.2, 0.25) is 11.7 Å². The van der Waals surface area contributed by atoms with Gasteiger partial charge >= 0.3 is 0 Å². The fraction of sp³-hybridized carbons (Fsp3) is 0.333. The van der Waals surface area contributed by atoms with E-state index < -0.39 is 11.9 Å². The van der Waals surface area contributed by atoms with Crippen LogP contribution >= 0.6 is 11.3 Å². The maximum atomic E-state index is 14.9. The molecule has 0 bridgehead atoms. The number of thiophene rings is 1. The number of aromatic nitrogens is 2. The molecule has 1 atom stereocenters. The minimum atomic E-state index is -0.582. The Balaban J connectivity index is 1.03. The Hall–Kier alpha value is -4.29. The number of carbonyl (C=O) groups is 2. The molecule has 1 N–H and O–H groups in total. The first-order valence-electron chi connectivity index (χ1n) is 13.7. The molecule has 0 radical (unpaired) electrons. The lowest BCUT2D eigenvalue weighted by Crippen LogP contribution is -2.54. The van der Waals surface area contributed by atoms with Crippen LogP contribution in [0.4, 0.5) is 4.39 Å². The summed E-state index contributed by atoms with van der Waals surface area (Å²) in [6, 6.07) is 14.7. The van der Waals surface area contributed by atoms with E-state index in [9.17, 15) is 14.0 Å². The van der Waals surface area contributed by atoms with Crippen molar-refractivity contribution in [3.8, 4) is 34.3 Å². The highest BCUT2D eigenvalue weighted by Gasteiger charge is 2.26. The van der Waals surface area contributed by atoms with E-state index in [1.807, 2.05) is 11.4 Å². The number of hydrogen-bond acceptors (Lipinski definition) is 9. The molecule has 1 fully saturated rings. The smallest absolute Gasteiger partial charge is 0.261 e. The Kier molecular flexibility index (Phi) is 9.45. The highest BCUT2D eigenvalue weighted by atomic mass is 32.1. The summed E-state index contributed by atoms with van der Waals surface area (Å²) in [5.74, 6) is 0.756. The molecular formula is C30H32FN5O5S. The lowest BCUT2D eigenvalue weighted by Gasteiger charge is -2.36. The molecule has 5 rings (SSSR count). The normalized spacial score (nSPS) is 14.4. The molecule has 1 aliphatic rings. The summed E-state index contributed by atoms with van der Waals surface area (Å²) in [5.41, 5.74) is 0.925. The van der Waals surface area contributed by atoms with Crippen molar-refractivity contribution in [2.24, 2.45) is 0 Å². The minimum absolute atomic E-state index is 0.0776. The summed E-state index contributed by atoms with van der Waals surface area (Å²) >= 11 is 1.35. The largest absolute Gasteiger partial charge is 0.497 e. The number of halogens is 1. The molecule has 0 saturated carbocycles. The molecule has 220 valence electrons. The molecule has 0 aliphatic carbocycles. The van der Waals surface area contributed by atoms with E-state index in [0.29, 0.717) is 41.6 Å². The highest BCUT2D eigenvalue weighted by molar-refractivity contribution is 7.12. The van der Waals surface area contributed by atoms with Crippen LogP contribution in [0.5, 0.6) is 11.5 Å². The average Bonchev–Trinajstić information content (AvgIpc) is 3.73. The van der Waals surface area contributed by atoms with Gasteiger partial charge in [-0.05, 0) is 61.2 Å². The third kappa shape index (κ3) is 7.12. The van der Waals surface area contributed by atoms with E-state index in [-0.39, 0.29) is 29.1 Å². The summed E-state index contributed by atoms with van der Waals surface area (Å²) in [7, 11) is 1.59. The van der Waals surface area contributed by atoms with Crippen molar-refractivity contribution in [3.05, 3.63) is 70.7 Å². The van der Waals surface area contributed by atoms with Crippen LogP contribution in [-0.4, -0.2) is 84.2 Å². The van der Waals surface area contributed by atoms with E-state index in [1.165, 1.54) is 17.4 Å². The third-order valence-corrected chi connectivity index (χ3v) is 7.85. The predicted molar refractivity (Wildman–Crippen MR) is 156 cm³/mol. The fourth-order valence-electron chi connectivity index (χ4n) is 4.63. The minimum Gasteiger partial charge on any atom is -0.497 e. The van der Waals surface area contributed by atoms with E-state index in [2.05, 4.69) is 20.4 Å². The first-order chi connectivity index (χ1) is 20.4. The Morgan fingerprint density at radius 1 is 1.10 bits per heavy atom. The van der Waals surface area contributed by atoms with Gasteiger partial charge in [-0.2, -0.15) is 4.98 Å². The van der Waals surface area contributed by atoms with Gasteiger partial charge in [-0.3, -0.25) is 14.5 Å². The van der Waals surface area contributed by atoms with E-state index in [0.717, 1.165) is 26.1 Å². The number of amides is 2. The molecule has 0 unspecified atom stereocenters. The molecule has 2 aromatic carbocycles. The molecule has 1 saturated heterocycles. The molecule has 42 heavy (non-hydrogen) atoms. The Bertz CT molecular complexity index is 1490. The predicted octanol–water partition coefficient (Wildman–Crippen LogP) is 4.34. The summed E-state index contributed by atoms with van der Waals surface area (Å²) in [6.07, 6.45) is 0.751. The molecular weight excluding hydrogens is 561 g/mol. The van der Waals surface area contributed by atoms with Crippen molar-refractivity contribution in [1.29, 1.82) is 0 Å². The second-order valence-electron chi connectivity index (χ2n) is 9.83. The van der Waals surface area contributed by atoms with Crippen LogP contribution in [-0.2, 0) is 4.79 Å². The Morgan fingerprint density at radius 3 is 2.55 bits per heavy atom. The van der Waals surface area contributed by atoms with E-state index in [1.54, 1.807) is 61.4 Å². The number of rotatable bonds is 11. The van der Waals surface area contributed by atoms with Gasteiger partial charge in [0.05, 0.1) is 24.2 Å². The zero-order valence-electron chi connectivity index (χ0n) is 23.4. The highest BCUT2D eigenvalue weighted by Crippen LogP contribution is 2.27. The van der Waals surface area contributed by atoms with Crippen molar-refractivity contribution >= 4 is 23.2 Å². The van der Waals surface area contributed by atoms with Gasteiger partial charge in [0.25, 0.3) is 11.8 Å². The zero-order chi connectivity index (χ0) is 29.5. The number of hydrogen-bond donors (Lipinski definition) is 1. The molecule has 1 aliphatic heterocycles. The number of benzene rings is 2. The standard InChI is InChI=1S/C30H32FN5O5S/c1-20(32-28(37)26-5-3-18-42-26)30(38)36-15-13-35(14-16-36)12-4-17-40-23-10-11-24(25(31)19-23)27-33-29(41-34-27)21-6-8-22(39-2)9-7-21/h3,5-11,18-20H,4,12-17H2,1-2H3,(H,32,37)/t20-/m1/s1. The second kappa shape index (κ2) is 13.6. The number of piperazine rings is 1. The van der Waals surface area contributed by atoms with Gasteiger partial charge in [-0.15, -0.1) is 11.3 Å². The van der Waals surface area contributed by atoms with Crippen LogP contribution in [0.2, 0.25) is 0 Å². The monoisotopic (exact) mass is 593 g/mol. The van der Waals surface area contributed by atoms with Gasteiger partial charge in [-0.1, -0.05) is 11.2 Å². The van der Waals surface area contributed by atoms with Gasteiger partial charge in [0.1, 0.15) is 23.4 Å². The molecule has 0 spiro atoms. The Labute approximate surface area is 247 Å². The van der Waals surface area contributed by atoms with Crippen molar-refractivity contribution in [2.45, 2.75) is 19.4 Å². The number of ether oxygens (including phenoxy) is 2. The topological polar surface area (TPSA) is 110 Å². The molecule has 2 aromatic heterocycles. The van der Waals surface area contributed by atoms with Crippen molar-refractivity contribution in [3.63, 3.8) is 0 Å². The third-order valence-electron chi connectivity index (χ3n) is 6.98. The Morgan fingerprint density at radius 2 is 1.86 bits per heavy atom. The molecule has 2 amide bonds. The number of methoxy groups -OCH3 is 1. The van der Waals surface area contributed by atoms with Gasteiger partial charge in [0.15, 0.2) is 0 Å². The number of carbonyl (C=O) groups excluding carboxylic acids is 2. The van der Waals surface area contributed by atoms with E-state index >= 15 is 0 Å². The van der Waals surface area contributed by atoms with Crippen LogP contribution in [0, 0.1) is 5.82 Å². The van der Waals surface area contributed by atoms with Crippen LogP contribution in [0.25, 0.3) is 22.8 Å². The SMILES string of the molecule is COc1ccc(-c2nc(-c3ccc(OCCCN4CCN(C(=O)[C@@H](C)NC(=O)c5cccs5)CC4)cc3F)no2)cc1. The van der Waals surface area contributed by atoms with E-state index in [4.69, 9.17) is 14.0 Å². The summed E-state index contributed by atoms with van der Waals surface area (Å²) in [5, 5.41) is 8.54. The van der Waals surface area contributed by atoms with Crippen molar-refractivity contribution in [2.75, 3.05) is 46.4 Å². The quantitative estimate of drug-likeness (QED) is 0.256. The van der Waals surface area contributed by atoms with Gasteiger partial charge < -0.3 is 24.2 Å². The summed E-state index contributed by atoms with van der Waals surface area (Å²) in [6.45, 7) is 5.62. The summed E-state index contributed by atoms with van der Waals surface area (Å²) < 4.78 is 31.1. The number of nitrogens with one attached hydrogen (secondary N) is 1. The van der Waals surface area contributed by atoms with Gasteiger partial charge in [0, 0.05) is 44.4 Å². The average molecular weight is 594 g/mol. The molecule has 4 aromatic rings. The van der Waals surface area contributed by atoms with Crippen LogP contribution in [0.15, 0.2) is 64.5 Å². The first kappa shape index (κ1) is 29.2. The van der Waals surface area contributed by atoms with Crippen LogP contribution in [0.1, 0.15) is 23.0 Å². The maximum absolute atomic E-state index is 14.9. The van der Waals surface area contributed by atoms with Crippen LogP contribution in [0.3, 0.4) is 0 Å². The molecule has 3 heterocycles. The number of nitrogens with zero attached hydrogens (tertiary/aromatic N) is 4. The lowest BCUT2D eigenvalue weighted by atomic mass is 10.2. The van der Waals surface area contributed by atoms with Crippen molar-refractivity contribution in [1.82, 2.24) is 25.3 Å². The van der Waals surface area contributed by atoms with Crippen molar-refractivity contribution < 1.29 is 28.0 Å². The van der Waals surface area contributed by atoms with Gasteiger partial charge in [-0.25, -0.2) is 4.39 Å². The lowest BCUT2D eigenvalue weighted by molar-refractivity contribution is -0.134. The maximum Gasteiger partial charge on any atom is 0.261 e. The molecule has 12 heteroatoms. The second-order valence-corrected chi connectivity index (χ2v) is 10.8. The fourth-order valence-corrected chi connectivity index (χ4v) is 5.26. The zero-order valence-corrected chi connectivity index (χ0v) is 24.2. The molecule has 10 nitrogen and oxygen atoms in total. The van der Waals surface area contributed by atoms with Crippen LogP contribution < -0.4 is 14.8 Å². The summed E-state index contributed by atoms with van der Waals surface area (Å²) in [4.78, 5) is 34.0.